The number of ether oxygens (including phenoxy) is 1. The topological polar surface area (TPSA) is 76.1 Å². The van der Waals surface area contributed by atoms with Crippen LogP contribution in [0.1, 0.15) is 21.6 Å². The molecule has 0 aliphatic rings. The van der Waals surface area contributed by atoms with E-state index in [0.717, 1.165) is 22.6 Å². The van der Waals surface area contributed by atoms with Gasteiger partial charge in [-0.1, -0.05) is 24.3 Å². The minimum absolute atomic E-state index is 0.217. The van der Waals surface area contributed by atoms with E-state index in [9.17, 15) is 4.79 Å². The number of benzene rings is 1. The molecule has 0 spiro atoms. The number of nitrogens with zero attached hydrogens (tertiary/aromatic N) is 2. The van der Waals surface area contributed by atoms with Gasteiger partial charge in [-0.05, 0) is 29.8 Å². The smallest absolute Gasteiger partial charge is 0.270 e. The van der Waals surface area contributed by atoms with Gasteiger partial charge in [0.2, 0.25) is 0 Å². The second-order valence-electron chi connectivity index (χ2n) is 5.64. The van der Waals surface area contributed by atoms with E-state index in [0.29, 0.717) is 18.8 Å². The molecule has 132 valence electrons. The molecule has 0 saturated heterocycles. The molecule has 1 amide bonds. The average Bonchev–Trinajstić information content (AvgIpc) is 2.72. The molecule has 0 saturated carbocycles. The summed E-state index contributed by atoms with van der Waals surface area (Å²) >= 11 is 0. The summed E-state index contributed by atoms with van der Waals surface area (Å²) in [4.78, 5) is 20.4. The zero-order valence-electron chi connectivity index (χ0n) is 14.5. The lowest BCUT2D eigenvalue weighted by Gasteiger charge is -2.10. The van der Waals surface area contributed by atoms with Gasteiger partial charge in [0, 0.05) is 31.0 Å². The first-order chi connectivity index (χ1) is 12.8. The highest BCUT2D eigenvalue weighted by Gasteiger charge is 2.07. The Kier molecular flexibility index (Phi) is 5.77. The fourth-order valence-corrected chi connectivity index (χ4v) is 2.45. The van der Waals surface area contributed by atoms with Crippen molar-refractivity contribution in [1.29, 1.82) is 0 Å². The molecular weight excluding hydrogens is 328 g/mol. The predicted octanol–water partition coefficient (Wildman–Crippen LogP) is 3.03. The minimum atomic E-state index is -0.217. The third-order valence-electron chi connectivity index (χ3n) is 3.85. The largest absolute Gasteiger partial charge is 0.496 e. The molecule has 6 nitrogen and oxygen atoms in total. The highest BCUT2D eigenvalue weighted by atomic mass is 16.5. The van der Waals surface area contributed by atoms with Crippen molar-refractivity contribution in [2.24, 2.45) is 0 Å². The molecule has 1 aromatic carbocycles. The zero-order chi connectivity index (χ0) is 18.2. The number of anilines is 1. The second-order valence-corrected chi connectivity index (χ2v) is 5.64. The molecule has 0 radical (unpaired) electrons. The number of hydrogen-bond donors (Lipinski definition) is 2. The number of para-hydroxylation sites is 1. The van der Waals surface area contributed by atoms with Crippen LogP contribution in [0.2, 0.25) is 0 Å². The molecule has 0 aliphatic carbocycles. The minimum Gasteiger partial charge on any atom is -0.496 e. The average molecular weight is 348 g/mol. The van der Waals surface area contributed by atoms with Gasteiger partial charge < -0.3 is 15.4 Å². The van der Waals surface area contributed by atoms with Gasteiger partial charge in [-0.25, -0.2) is 4.98 Å². The lowest BCUT2D eigenvalue weighted by atomic mass is 10.2. The maximum Gasteiger partial charge on any atom is 0.270 e. The van der Waals surface area contributed by atoms with Crippen LogP contribution in [0.25, 0.3) is 0 Å². The van der Waals surface area contributed by atoms with Crippen molar-refractivity contribution in [3.63, 3.8) is 0 Å². The Labute approximate surface area is 152 Å². The first-order valence-electron chi connectivity index (χ1n) is 8.25. The molecule has 3 rings (SSSR count). The molecule has 2 heterocycles. The van der Waals surface area contributed by atoms with Crippen molar-refractivity contribution in [2.45, 2.75) is 13.1 Å². The molecule has 0 atom stereocenters. The summed E-state index contributed by atoms with van der Waals surface area (Å²) in [5.41, 5.74) is 3.20. The monoisotopic (exact) mass is 348 g/mol. The zero-order valence-corrected chi connectivity index (χ0v) is 14.5. The molecule has 0 bridgehead atoms. The number of amides is 1. The van der Waals surface area contributed by atoms with Crippen molar-refractivity contribution in [3.05, 3.63) is 83.9 Å². The van der Waals surface area contributed by atoms with Crippen molar-refractivity contribution in [2.75, 3.05) is 12.4 Å². The van der Waals surface area contributed by atoms with Crippen molar-refractivity contribution in [1.82, 2.24) is 15.3 Å². The normalized spacial score (nSPS) is 10.2. The van der Waals surface area contributed by atoms with Gasteiger partial charge >= 0.3 is 0 Å². The quantitative estimate of drug-likeness (QED) is 0.686. The van der Waals surface area contributed by atoms with Gasteiger partial charge in [0.1, 0.15) is 11.4 Å². The molecule has 2 N–H and O–H groups in total. The highest BCUT2D eigenvalue weighted by Crippen LogP contribution is 2.18. The standard InChI is InChI=1S/C20H20N4O2/c1-26-19-7-3-2-6-16(19)13-22-17-8-9-18(23-14-17)20(25)24-12-15-5-4-10-21-11-15/h2-11,14,22H,12-13H2,1H3,(H,24,25). The number of hydrogen-bond acceptors (Lipinski definition) is 5. The van der Waals surface area contributed by atoms with Crippen LogP contribution >= 0.6 is 0 Å². The number of rotatable bonds is 7. The van der Waals surface area contributed by atoms with E-state index in [4.69, 9.17) is 4.74 Å². The predicted molar refractivity (Wildman–Crippen MR) is 100.0 cm³/mol. The van der Waals surface area contributed by atoms with Crippen molar-refractivity contribution >= 4 is 11.6 Å². The fraction of sp³-hybridized carbons (Fsp3) is 0.150. The van der Waals surface area contributed by atoms with E-state index in [1.165, 1.54) is 0 Å². The Morgan fingerprint density at radius 3 is 2.65 bits per heavy atom. The Balaban J connectivity index is 1.55. The number of methoxy groups -OCH3 is 1. The van der Waals surface area contributed by atoms with Crippen LogP contribution in [0.4, 0.5) is 5.69 Å². The Hall–Kier alpha value is -3.41. The number of nitrogens with one attached hydrogen (secondary N) is 2. The third kappa shape index (κ3) is 4.57. The number of pyridine rings is 2. The van der Waals surface area contributed by atoms with Gasteiger partial charge in [0.15, 0.2) is 0 Å². The number of carbonyl (C=O) groups excluding carboxylic acids is 1. The van der Waals surface area contributed by atoms with Crippen LogP contribution in [0.3, 0.4) is 0 Å². The SMILES string of the molecule is COc1ccccc1CNc1ccc(C(=O)NCc2cccnc2)nc1. The summed E-state index contributed by atoms with van der Waals surface area (Å²) < 4.78 is 5.33. The summed E-state index contributed by atoms with van der Waals surface area (Å²) in [6, 6.07) is 15.1. The van der Waals surface area contributed by atoms with Gasteiger partial charge in [-0.2, -0.15) is 0 Å². The molecule has 3 aromatic rings. The first-order valence-corrected chi connectivity index (χ1v) is 8.25. The van der Waals surface area contributed by atoms with E-state index in [2.05, 4.69) is 20.6 Å². The summed E-state index contributed by atoms with van der Waals surface area (Å²) in [6.45, 7) is 1.03. The Bertz CT molecular complexity index is 851. The van der Waals surface area contributed by atoms with Gasteiger partial charge in [0.05, 0.1) is 19.0 Å². The molecule has 0 unspecified atom stereocenters. The molecule has 26 heavy (non-hydrogen) atoms. The summed E-state index contributed by atoms with van der Waals surface area (Å²) in [7, 11) is 1.65. The van der Waals surface area contributed by atoms with Crippen LogP contribution in [-0.2, 0) is 13.1 Å². The van der Waals surface area contributed by atoms with Gasteiger partial charge in [-0.3, -0.25) is 9.78 Å². The molecule has 2 aromatic heterocycles. The van der Waals surface area contributed by atoms with Crippen LogP contribution in [0, 0.1) is 0 Å². The Morgan fingerprint density at radius 2 is 1.92 bits per heavy atom. The van der Waals surface area contributed by atoms with Crippen LogP contribution < -0.4 is 15.4 Å². The van der Waals surface area contributed by atoms with E-state index in [-0.39, 0.29) is 5.91 Å². The van der Waals surface area contributed by atoms with Crippen molar-refractivity contribution < 1.29 is 9.53 Å². The maximum atomic E-state index is 12.2. The number of carbonyl (C=O) groups is 1. The van der Waals surface area contributed by atoms with Crippen LogP contribution in [-0.4, -0.2) is 23.0 Å². The summed E-state index contributed by atoms with van der Waals surface area (Å²) in [5.74, 6) is 0.615. The number of aromatic nitrogens is 2. The van der Waals surface area contributed by atoms with Gasteiger partial charge in [-0.15, -0.1) is 0 Å². The van der Waals surface area contributed by atoms with Crippen LogP contribution in [0.15, 0.2) is 67.1 Å². The molecule has 0 fully saturated rings. The first kappa shape index (κ1) is 17.4. The van der Waals surface area contributed by atoms with Crippen LogP contribution in [0.5, 0.6) is 5.75 Å². The molecule has 6 heteroatoms. The lowest BCUT2D eigenvalue weighted by Crippen LogP contribution is -2.23. The highest BCUT2D eigenvalue weighted by molar-refractivity contribution is 5.92. The summed E-state index contributed by atoms with van der Waals surface area (Å²) in [5, 5.41) is 6.11. The second kappa shape index (κ2) is 8.62. The lowest BCUT2D eigenvalue weighted by molar-refractivity contribution is 0.0946. The van der Waals surface area contributed by atoms with E-state index < -0.39 is 0 Å². The third-order valence-corrected chi connectivity index (χ3v) is 3.85. The van der Waals surface area contributed by atoms with E-state index in [1.807, 2.05) is 42.5 Å². The molecular formula is C20H20N4O2. The molecule has 0 aliphatic heterocycles. The van der Waals surface area contributed by atoms with E-state index in [1.54, 1.807) is 31.8 Å². The van der Waals surface area contributed by atoms with Crippen molar-refractivity contribution in [3.8, 4) is 5.75 Å². The fourth-order valence-electron chi connectivity index (χ4n) is 2.45. The van der Waals surface area contributed by atoms with E-state index >= 15 is 0 Å². The summed E-state index contributed by atoms with van der Waals surface area (Å²) in [6.07, 6.45) is 5.07. The maximum absolute atomic E-state index is 12.2. The van der Waals surface area contributed by atoms with Gasteiger partial charge in [0.25, 0.3) is 5.91 Å². The Morgan fingerprint density at radius 1 is 1.04 bits per heavy atom.